The number of carbonyl (C=O) groups excluding carboxylic acids is 1. The van der Waals surface area contributed by atoms with Crippen LogP contribution in [0.3, 0.4) is 0 Å². The van der Waals surface area contributed by atoms with Crippen LogP contribution in [0.5, 0.6) is 5.75 Å². The fourth-order valence-electron chi connectivity index (χ4n) is 1.11. The lowest BCUT2D eigenvalue weighted by Crippen LogP contribution is -2.21. The van der Waals surface area contributed by atoms with Gasteiger partial charge in [-0.25, -0.2) is 4.39 Å². The second kappa shape index (κ2) is 3.40. The highest BCUT2D eigenvalue weighted by Crippen LogP contribution is 2.28. The number of rotatable bonds is 1. The molecule has 0 aliphatic heterocycles. The molecule has 2 nitrogen and oxygen atoms in total. The summed E-state index contributed by atoms with van der Waals surface area (Å²) in [6, 6.07) is 3.84. The molecule has 0 saturated carbocycles. The summed E-state index contributed by atoms with van der Waals surface area (Å²) in [5, 5.41) is 9.36. The largest absolute Gasteiger partial charge is 0.507 e. The fourth-order valence-corrected chi connectivity index (χ4v) is 1.11. The van der Waals surface area contributed by atoms with Gasteiger partial charge in [0.2, 0.25) is 0 Å². The lowest BCUT2D eigenvalue weighted by atomic mass is 9.86. The van der Waals surface area contributed by atoms with Gasteiger partial charge in [0.15, 0.2) is 5.78 Å². The molecule has 1 rings (SSSR count). The normalized spacial score (nSPS) is 11.4. The minimum atomic E-state index is -0.695. The van der Waals surface area contributed by atoms with Crippen LogP contribution < -0.4 is 0 Å². The number of benzene rings is 1. The molecule has 0 spiro atoms. The molecule has 0 fully saturated rings. The van der Waals surface area contributed by atoms with E-state index in [1.807, 2.05) is 0 Å². The Balaban J connectivity index is 3.26. The zero-order chi connectivity index (χ0) is 10.9. The van der Waals surface area contributed by atoms with Crippen molar-refractivity contribution in [3.05, 3.63) is 29.6 Å². The summed E-state index contributed by atoms with van der Waals surface area (Å²) in [6.45, 7) is 5.05. The van der Waals surface area contributed by atoms with Crippen molar-refractivity contribution >= 4 is 5.78 Å². The van der Waals surface area contributed by atoms with Crippen LogP contribution in [-0.2, 0) is 0 Å². The maximum Gasteiger partial charge on any atom is 0.174 e. The van der Waals surface area contributed by atoms with E-state index in [1.165, 1.54) is 18.2 Å². The summed E-state index contributed by atoms with van der Waals surface area (Å²) < 4.78 is 13.3. The molecule has 0 saturated heterocycles. The topological polar surface area (TPSA) is 37.3 Å². The van der Waals surface area contributed by atoms with Crippen molar-refractivity contribution in [2.45, 2.75) is 20.8 Å². The van der Waals surface area contributed by atoms with E-state index in [0.29, 0.717) is 0 Å². The number of aromatic hydroxyl groups is 1. The average molecular weight is 196 g/mol. The Hall–Kier alpha value is -1.38. The van der Waals surface area contributed by atoms with Crippen LogP contribution in [0.25, 0.3) is 0 Å². The Morgan fingerprint density at radius 2 is 1.93 bits per heavy atom. The number of phenolic OH excluding ortho intramolecular Hbond substituents is 1. The molecule has 0 amide bonds. The number of Topliss-reactive ketones (excluding diaryl/α,β-unsaturated/α-hetero) is 1. The van der Waals surface area contributed by atoms with Gasteiger partial charge in [-0.2, -0.15) is 0 Å². The molecule has 0 radical (unpaired) electrons. The summed E-state index contributed by atoms with van der Waals surface area (Å²) in [7, 11) is 0. The van der Waals surface area contributed by atoms with E-state index in [1.54, 1.807) is 20.8 Å². The van der Waals surface area contributed by atoms with Gasteiger partial charge in [0.1, 0.15) is 11.6 Å². The third-order valence-corrected chi connectivity index (χ3v) is 1.90. The van der Waals surface area contributed by atoms with Gasteiger partial charge >= 0.3 is 0 Å². The molecular weight excluding hydrogens is 183 g/mol. The van der Waals surface area contributed by atoms with Crippen molar-refractivity contribution in [1.29, 1.82) is 0 Å². The Morgan fingerprint density at radius 1 is 1.36 bits per heavy atom. The van der Waals surface area contributed by atoms with Crippen LogP contribution >= 0.6 is 0 Å². The molecule has 1 aromatic rings. The van der Waals surface area contributed by atoms with Gasteiger partial charge in [0.05, 0.1) is 5.56 Å². The minimum absolute atomic E-state index is 0.222. The van der Waals surface area contributed by atoms with Gasteiger partial charge in [0, 0.05) is 5.41 Å². The Morgan fingerprint density at radius 3 is 2.36 bits per heavy atom. The van der Waals surface area contributed by atoms with Crippen molar-refractivity contribution < 1.29 is 14.3 Å². The van der Waals surface area contributed by atoms with Crippen molar-refractivity contribution in [2.24, 2.45) is 5.41 Å². The van der Waals surface area contributed by atoms with Gasteiger partial charge < -0.3 is 5.11 Å². The first-order valence-electron chi connectivity index (χ1n) is 4.36. The molecule has 3 heteroatoms. The third kappa shape index (κ3) is 1.92. The molecule has 0 heterocycles. The molecule has 1 aromatic carbocycles. The highest BCUT2D eigenvalue weighted by molar-refractivity contribution is 6.02. The maximum atomic E-state index is 13.3. The number of carbonyl (C=O) groups is 1. The molecule has 1 N–H and O–H groups in total. The summed E-state index contributed by atoms with van der Waals surface area (Å²) in [6.07, 6.45) is 0. The molecule has 0 aliphatic carbocycles. The monoisotopic (exact) mass is 196 g/mol. The van der Waals surface area contributed by atoms with Crippen LogP contribution in [0.4, 0.5) is 4.39 Å². The molecule has 0 atom stereocenters. The zero-order valence-corrected chi connectivity index (χ0v) is 8.47. The molecule has 0 aromatic heterocycles. The van der Waals surface area contributed by atoms with E-state index in [2.05, 4.69) is 0 Å². The standard InChI is InChI=1S/C11H13FO2/c1-11(2,3)10(14)9-7(12)5-4-6-8(9)13/h4-6,13H,1-3H3. The molecule has 14 heavy (non-hydrogen) atoms. The highest BCUT2D eigenvalue weighted by atomic mass is 19.1. The molecule has 0 aliphatic rings. The summed E-state index contributed by atoms with van der Waals surface area (Å²) in [4.78, 5) is 11.7. The minimum Gasteiger partial charge on any atom is -0.507 e. The quantitative estimate of drug-likeness (QED) is 0.701. The Labute approximate surface area is 82.4 Å². The zero-order valence-electron chi connectivity index (χ0n) is 8.47. The lowest BCUT2D eigenvalue weighted by molar-refractivity contribution is 0.0850. The smallest absolute Gasteiger partial charge is 0.174 e. The first-order chi connectivity index (χ1) is 6.34. The van der Waals surface area contributed by atoms with E-state index < -0.39 is 17.0 Å². The number of hydrogen-bond donors (Lipinski definition) is 1. The van der Waals surface area contributed by atoms with Crippen molar-refractivity contribution in [1.82, 2.24) is 0 Å². The van der Waals surface area contributed by atoms with E-state index in [9.17, 15) is 14.3 Å². The van der Waals surface area contributed by atoms with Gasteiger partial charge in [-0.1, -0.05) is 26.8 Å². The lowest BCUT2D eigenvalue weighted by Gasteiger charge is -2.17. The molecule has 0 unspecified atom stereocenters. The van der Waals surface area contributed by atoms with Crippen molar-refractivity contribution in [3.8, 4) is 5.75 Å². The summed E-state index contributed by atoms with van der Waals surface area (Å²) >= 11 is 0. The van der Waals surface area contributed by atoms with Crippen LogP contribution in [-0.4, -0.2) is 10.9 Å². The third-order valence-electron chi connectivity index (χ3n) is 1.90. The highest BCUT2D eigenvalue weighted by Gasteiger charge is 2.27. The van der Waals surface area contributed by atoms with Crippen LogP contribution in [0.15, 0.2) is 18.2 Å². The van der Waals surface area contributed by atoms with Gasteiger partial charge in [-0.05, 0) is 12.1 Å². The predicted octanol–water partition coefficient (Wildman–Crippen LogP) is 2.76. The van der Waals surface area contributed by atoms with Gasteiger partial charge in [-0.3, -0.25) is 4.79 Å². The number of halogens is 1. The van der Waals surface area contributed by atoms with Gasteiger partial charge in [-0.15, -0.1) is 0 Å². The first-order valence-corrected chi connectivity index (χ1v) is 4.36. The average Bonchev–Trinajstić information content (AvgIpc) is 2.01. The number of hydrogen-bond acceptors (Lipinski definition) is 2. The molecular formula is C11H13FO2. The number of phenols is 1. The predicted molar refractivity (Wildman–Crippen MR) is 51.9 cm³/mol. The van der Waals surface area contributed by atoms with Crippen LogP contribution in [0.2, 0.25) is 0 Å². The van der Waals surface area contributed by atoms with Crippen molar-refractivity contribution in [3.63, 3.8) is 0 Å². The fraction of sp³-hybridized carbons (Fsp3) is 0.364. The second-order valence-corrected chi connectivity index (χ2v) is 4.21. The van der Waals surface area contributed by atoms with Crippen LogP contribution in [0, 0.1) is 11.2 Å². The van der Waals surface area contributed by atoms with E-state index in [-0.39, 0.29) is 11.3 Å². The molecule has 0 bridgehead atoms. The summed E-state index contributed by atoms with van der Waals surface area (Å²) in [5.74, 6) is -1.37. The molecule has 76 valence electrons. The Bertz CT molecular complexity index is 344. The van der Waals surface area contributed by atoms with Gasteiger partial charge in [0.25, 0.3) is 0 Å². The SMILES string of the molecule is CC(C)(C)C(=O)c1c(O)cccc1F. The summed E-state index contributed by atoms with van der Waals surface area (Å²) in [5.41, 5.74) is -0.917. The van der Waals surface area contributed by atoms with Crippen LogP contribution in [0.1, 0.15) is 31.1 Å². The first kappa shape index (κ1) is 10.7. The Kier molecular flexibility index (Phi) is 2.60. The van der Waals surface area contributed by atoms with Crippen molar-refractivity contribution in [2.75, 3.05) is 0 Å². The second-order valence-electron chi connectivity index (χ2n) is 4.21. The van der Waals surface area contributed by atoms with E-state index >= 15 is 0 Å². The van der Waals surface area contributed by atoms with E-state index in [0.717, 1.165) is 0 Å². The number of ketones is 1. The maximum absolute atomic E-state index is 13.3. The van der Waals surface area contributed by atoms with E-state index in [4.69, 9.17) is 0 Å².